The second-order valence-corrected chi connectivity index (χ2v) is 5.34. The molecule has 1 aliphatic rings. The number of likely N-dealkylation sites (N-methyl/N-ethyl adjacent to an activating group) is 1. The number of hydrogen-bond acceptors (Lipinski definition) is 3. The van der Waals surface area contributed by atoms with Crippen molar-refractivity contribution in [2.45, 2.75) is 38.3 Å². The molecule has 5 heteroatoms. The summed E-state index contributed by atoms with van der Waals surface area (Å²) in [5.41, 5.74) is -0.0667. The predicted octanol–water partition coefficient (Wildman–Crippen LogP) is 1.86. The molecule has 0 amide bonds. The van der Waals surface area contributed by atoms with Crippen LogP contribution in [0.3, 0.4) is 0 Å². The first-order chi connectivity index (χ1) is 8.07. The molecule has 0 aromatic carbocycles. The molecule has 1 N–H and O–H groups in total. The van der Waals surface area contributed by atoms with Gasteiger partial charge in [-0.3, -0.25) is 4.68 Å². The fraction of sp³-hybridized carbons (Fsp3) is 0.750. The highest BCUT2D eigenvalue weighted by molar-refractivity contribution is 6.31. The van der Waals surface area contributed by atoms with Crippen LogP contribution in [0.2, 0.25) is 5.02 Å². The van der Waals surface area contributed by atoms with E-state index in [4.69, 9.17) is 11.6 Å². The molecule has 0 saturated carbocycles. The van der Waals surface area contributed by atoms with Crippen molar-refractivity contribution in [3.05, 3.63) is 16.9 Å². The van der Waals surface area contributed by atoms with Gasteiger partial charge >= 0.3 is 0 Å². The van der Waals surface area contributed by atoms with Gasteiger partial charge in [0.1, 0.15) is 5.60 Å². The molecular formula is C12H20ClN3O. The summed E-state index contributed by atoms with van der Waals surface area (Å²) < 4.78 is 1.85. The number of β-amino-alcohol motifs (C(OH)–C–C–N with tert-alkyl or cyclic N) is 1. The van der Waals surface area contributed by atoms with E-state index < -0.39 is 5.60 Å². The van der Waals surface area contributed by atoms with Crippen LogP contribution >= 0.6 is 11.6 Å². The SMILES string of the molecule is CCCn1ncc(Cl)c1C1(O)CCCN(C)C1. The molecule has 0 aliphatic carbocycles. The molecule has 96 valence electrons. The minimum atomic E-state index is -0.851. The summed E-state index contributed by atoms with van der Waals surface area (Å²) in [6.45, 7) is 4.55. The number of hydrogen-bond donors (Lipinski definition) is 1. The lowest BCUT2D eigenvalue weighted by atomic mass is 9.89. The number of halogens is 1. The lowest BCUT2D eigenvalue weighted by Crippen LogP contribution is -2.45. The van der Waals surface area contributed by atoms with E-state index in [0.29, 0.717) is 11.6 Å². The Labute approximate surface area is 107 Å². The maximum atomic E-state index is 10.8. The second kappa shape index (κ2) is 4.96. The highest BCUT2D eigenvalue weighted by Crippen LogP contribution is 2.35. The van der Waals surface area contributed by atoms with Gasteiger partial charge in [-0.05, 0) is 32.9 Å². The summed E-state index contributed by atoms with van der Waals surface area (Å²) >= 11 is 6.19. The van der Waals surface area contributed by atoms with Gasteiger partial charge in [0.05, 0.1) is 16.9 Å². The van der Waals surface area contributed by atoms with Gasteiger partial charge in [0.25, 0.3) is 0 Å². The van der Waals surface area contributed by atoms with Crippen molar-refractivity contribution in [2.75, 3.05) is 20.1 Å². The van der Waals surface area contributed by atoms with Crippen LogP contribution in [-0.4, -0.2) is 39.9 Å². The number of likely N-dealkylation sites (tertiary alicyclic amines) is 1. The first-order valence-electron chi connectivity index (χ1n) is 6.19. The normalized spacial score (nSPS) is 26.4. The van der Waals surface area contributed by atoms with Crippen LogP contribution in [0.5, 0.6) is 0 Å². The molecule has 0 spiro atoms. The van der Waals surface area contributed by atoms with E-state index in [9.17, 15) is 5.11 Å². The maximum absolute atomic E-state index is 10.8. The summed E-state index contributed by atoms with van der Waals surface area (Å²) in [5, 5.41) is 15.6. The van der Waals surface area contributed by atoms with Crippen molar-refractivity contribution in [3.8, 4) is 0 Å². The van der Waals surface area contributed by atoms with E-state index in [1.807, 2.05) is 11.7 Å². The van der Waals surface area contributed by atoms with Gasteiger partial charge < -0.3 is 10.0 Å². The van der Waals surface area contributed by atoms with Crippen LogP contribution in [0.25, 0.3) is 0 Å². The maximum Gasteiger partial charge on any atom is 0.120 e. The number of aryl methyl sites for hydroxylation is 1. The molecule has 0 radical (unpaired) electrons. The fourth-order valence-electron chi connectivity index (χ4n) is 2.65. The zero-order valence-electron chi connectivity index (χ0n) is 10.5. The molecular weight excluding hydrogens is 238 g/mol. The van der Waals surface area contributed by atoms with Crippen molar-refractivity contribution < 1.29 is 5.11 Å². The lowest BCUT2D eigenvalue weighted by Gasteiger charge is -2.37. The molecule has 17 heavy (non-hydrogen) atoms. The number of rotatable bonds is 3. The van der Waals surface area contributed by atoms with Crippen LogP contribution in [0.4, 0.5) is 0 Å². The van der Waals surface area contributed by atoms with E-state index in [0.717, 1.165) is 38.0 Å². The zero-order valence-corrected chi connectivity index (χ0v) is 11.2. The van der Waals surface area contributed by atoms with Crippen LogP contribution in [-0.2, 0) is 12.1 Å². The Morgan fingerprint density at radius 1 is 1.59 bits per heavy atom. The van der Waals surface area contributed by atoms with Gasteiger partial charge in [0, 0.05) is 13.1 Å². The van der Waals surface area contributed by atoms with Crippen molar-refractivity contribution in [1.29, 1.82) is 0 Å². The smallest absolute Gasteiger partial charge is 0.120 e. The highest BCUT2D eigenvalue weighted by atomic mass is 35.5. The molecule has 1 unspecified atom stereocenters. The first kappa shape index (κ1) is 12.9. The molecule has 2 heterocycles. The predicted molar refractivity (Wildman–Crippen MR) is 68.2 cm³/mol. The van der Waals surface area contributed by atoms with Crippen LogP contribution in [0.1, 0.15) is 31.9 Å². The van der Waals surface area contributed by atoms with Gasteiger partial charge in [-0.25, -0.2) is 0 Å². The topological polar surface area (TPSA) is 41.3 Å². The highest BCUT2D eigenvalue weighted by Gasteiger charge is 2.38. The Balaban J connectivity index is 2.33. The summed E-state index contributed by atoms with van der Waals surface area (Å²) in [7, 11) is 2.03. The summed E-state index contributed by atoms with van der Waals surface area (Å²) in [4.78, 5) is 2.14. The van der Waals surface area contributed by atoms with E-state index >= 15 is 0 Å². The molecule has 1 aromatic heterocycles. The third-order valence-electron chi connectivity index (χ3n) is 3.33. The summed E-state index contributed by atoms with van der Waals surface area (Å²) in [6, 6.07) is 0. The molecule has 4 nitrogen and oxygen atoms in total. The van der Waals surface area contributed by atoms with Gasteiger partial charge in [0.15, 0.2) is 0 Å². The number of nitrogens with zero attached hydrogens (tertiary/aromatic N) is 3. The largest absolute Gasteiger partial charge is 0.382 e. The molecule has 1 fully saturated rings. The Morgan fingerprint density at radius 2 is 2.35 bits per heavy atom. The lowest BCUT2D eigenvalue weighted by molar-refractivity contribution is -0.0345. The van der Waals surface area contributed by atoms with Gasteiger partial charge in [-0.15, -0.1) is 0 Å². The molecule has 1 saturated heterocycles. The van der Waals surface area contributed by atoms with Gasteiger partial charge in [-0.2, -0.15) is 5.10 Å². The van der Waals surface area contributed by atoms with Crippen molar-refractivity contribution in [1.82, 2.24) is 14.7 Å². The van der Waals surface area contributed by atoms with Gasteiger partial charge in [-0.1, -0.05) is 18.5 Å². The minimum Gasteiger partial charge on any atom is -0.382 e. The van der Waals surface area contributed by atoms with Crippen LogP contribution < -0.4 is 0 Å². The summed E-state index contributed by atoms with van der Waals surface area (Å²) in [5.74, 6) is 0. The summed E-state index contributed by atoms with van der Waals surface area (Å²) in [6.07, 6.45) is 4.36. The first-order valence-corrected chi connectivity index (χ1v) is 6.57. The zero-order chi connectivity index (χ0) is 12.5. The van der Waals surface area contributed by atoms with E-state index in [1.165, 1.54) is 0 Å². The molecule has 1 aliphatic heterocycles. The average Bonchev–Trinajstić information content (AvgIpc) is 2.60. The number of piperidine rings is 1. The monoisotopic (exact) mass is 257 g/mol. The van der Waals surface area contributed by atoms with Crippen molar-refractivity contribution in [3.63, 3.8) is 0 Å². The quantitative estimate of drug-likeness (QED) is 0.899. The molecule has 1 aromatic rings. The third kappa shape index (κ3) is 2.49. The number of aliphatic hydroxyl groups is 1. The Bertz CT molecular complexity index is 393. The number of aromatic nitrogens is 2. The molecule has 1 atom stereocenters. The van der Waals surface area contributed by atoms with E-state index in [1.54, 1.807) is 6.20 Å². The van der Waals surface area contributed by atoms with Crippen LogP contribution in [0.15, 0.2) is 6.20 Å². The average molecular weight is 258 g/mol. The molecule has 2 rings (SSSR count). The minimum absolute atomic E-state index is 0.580. The third-order valence-corrected chi connectivity index (χ3v) is 3.61. The Kier molecular flexibility index (Phi) is 3.76. The van der Waals surface area contributed by atoms with E-state index in [-0.39, 0.29) is 0 Å². The Hall–Kier alpha value is -0.580. The van der Waals surface area contributed by atoms with Crippen LogP contribution in [0, 0.1) is 0 Å². The standard InChI is InChI=1S/C12H20ClN3O/c1-3-6-16-11(10(13)8-14-16)12(17)5-4-7-15(2)9-12/h8,17H,3-7,9H2,1-2H3. The Morgan fingerprint density at radius 3 is 3.00 bits per heavy atom. The van der Waals surface area contributed by atoms with Crippen molar-refractivity contribution >= 4 is 11.6 Å². The van der Waals surface area contributed by atoms with Gasteiger partial charge in [0.2, 0.25) is 0 Å². The van der Waals surface area contributed by atoms with E-state index in [2.05, 4.69) is 16.9 Å². The molecule has 0 bridgehead atoms. The van der Waals surface area contributed by atoms with Crippen molar-refractivity contribution in [2.24, 2.45) is 0 Å². The second-order valence-electron chi connectivity index (χ2n) is 4.94. The fourth-order valence-corrected chi connectivity index (χ4v) is 2.96.